The number of urea groups is 1. The summed E-state index contributed by atoms with van der Waals surface area (Å²) < 4.78 is 0. The van der Waals surface area contributed by atoms with Crippen LogP contribution in [0.25, 0.3) is 11.4 Å². The summed E-state index contributed by atoms with van der Waals surface area (Å²) in [7, 11) is 4.30. The predicted octanol–water partition coefficient (Wildman–Crippen LogP) is 4.26. The van der Waals surface area contributed by atoms with Crippen LogP contribution < -0.4 is 10.2 Å². The number of nitrogens with zero attached hydrogens (tertiary/aromatic N) is 4. The molecule has 2 aromatic carbocycles. The molecule has 1 aromatic heterocycles. The highest BCUT2D eigenvalue weighted by molar-refractivity contribution is 5.95. The van der Waals surface area contributed by atoms with Gasteiger partial charge in [-0.3, -0.25) is 14.6 Å². The number of benzene rings is 2. The number of hydrogen-bond acceptors (Lipinski definition) is 5. The lowest BCUT2D eigenvalue weighted by Gasteiger charge is -2.48. The molecule has 3 aromatic rings. The van der Waals surface area contributed by atoms with Gasteiger partial charge < -0.3 is 5.32 Å². The molecule has 1 saturated carbocycles. The van der Waals surface area contributed by atoms with Gasteiger partial charge in [-0.1, -0.05) is 54.6 Å². The summed E-state index contributed by atoms with van der Waals surface area (Å²) in [4.78, 5) is 36.9. The minimum absolute atomic E-state index is 0.0190. The van der Waals surface area contributed by atoms with E-state index in [4.69, 9.17) is 0 Å². The average Bonchev–Trinajstić information content (AvgIpc) is 3.20. The lowest BCUT2D eigenvalue weighted by atomic mass is 9.69. The van der Waals surface area contributed by atoms with Crippen LogP contribution in [0, 0.1) is 0 Å². The van der Waals surface area contributed by atoms with E-state index >= 15 is 0 Å². The maximum absolute atomic E-state index is 13.0. The zero-order valence-electron chi connectivity index (χ0n) is 19.6. The number of carbonyl (C=O) groups excluding carboxylic acids is 2. The van der Waals surface area contributed by atoms with Gasteiger partial charge in [-0.2, -0.15) is 0 Å². The summed E-state index contributed by atoms with van der Waals surface area (Å²) in [5.74, 6) is 0.562. The summed E-state index contributed by atoms with van der Waals surface area (Å²) in [6, 6.07) is 17.7. The number of nitrogens with one attached hydrogen (secondary N) is 1. The largest absolute Gasteiger partial charge is 0.330 e. The molecule has 0 bridgehead atoms. The molecule has 34 heavy (non-hydrogen) atoms. The number of carbonyl (C=O) groups is 2. The van der Waals surface area contributed by atoms with Gasteiger partial charge >= 0.3 is 6.03 Å². The average molecular weight is 456 g/mol. The summed E-state index contributed by atoms with van der Waals surface area (Å²) in [5, 5.41) is 3.28. The SMILES string of the molecule is CN(C)C1(c2ccccc2)CCC2(CC1)CN(c1cnc(-c3ccc(C=O)cc3)nc1)C(=O)N2. The van der Waals surface area contributed by atoms with Crippen molar-refractivity contribution in [3.8, 4) is 11.4 Å². The Morgan fingerprint density at radius 1 is 0.941 bits per heavy atom. The van der Waals surface area contributed by atoms with Gasteiger partial charge in [-0.05, 0) is 45.3 Å². The Morgan fingerprint density at radius 3 is 2.18 bits per heavy atom. The first kappa shape index (κ1) is 22.2. The van der Waals surface area contributed by atoms with Gasteiger partial charge in [0.05, 0.1) is 30.2 Å². The van der Waals surface area contributed by atoms with E-state index in [9.17, 15) is 9.59 Å². The fourth-order valence-electron chi connectivity index (χ4n) is 5.41. The van der Waals surface area contributed by atoms with Crippen LogP contribution in [0.5, 0.6) is 0 Å². The van der Waals surface area contributed by atoms with E-state index in [0.29, 0.717) is 23.6 Å². The van der Waals surface area contributed by atoms with Crippen molar-refractivity contribution < 1.29 is 9.59 Å². The number of amides is 2. The topological polar surface area (TPSA) is 78.4 Å². The molecule has 7 nitrogen and oxygen atoms in total. The Labute approximate surface area is 199 Å². The molecule has 1 spiro atoms. The van der Waals surface area contributed by atoms with Crippen LogP contribution in [-0.2, 0) is 5.54 Å². The third-order valence-electron chi connectivity index (χ3n) is 7.53. The van der Waals surface area contributed by atoms with Gasteiger partial charge in [0.2, 0.25) is 0 Å². The number of aromatic nitrogens is 2. The van der Waals surface area contributed by atoms with Crippen molar-refractivity contribution in [1.29, 1.82) is 0 Å². The Balaban J connectivity index is 1.31. The van der Waals surface area contributed by atoms with Crippen molar-refractivity contribution in [2.75, 3.05) is 25.5 Å². The number of anilines is 1. The fraction of sp³-hybridized carbons (Fsp3) is 0.333. The van der Waals surface area contributed by atoms with Crippen LogP contribution in [0.4, 0.5) is 10.5 Å². The Hall–Kier alpha value is -3.58. The van der Waals surface area contributed by atoms with Crippen LogP contribution in [0.3, 0.4) is 0 Å². The predicted molar refractivity (Wildman–Crippen MR) is 132 cm³/mol. The maximum Gasteiger partial charge on any atom is 0.322 e. The molecule has 0 atom stereocenters. The van der Waals surface area contributed by atoms with E-state index < -0.39 is 0 Å². The van der Waals surface area contributed by atoms with E-state index in [1.54, 1.807) is 29.4 Å². The third kappa shape index (κ3) is 3.86. The summed E-state index contributed by atoms with van der Waals surface area (Å²) in [6.45, 7) is 0.612. The van der Waals surface area contributed by atoms with Crippen molar-refractivity contribution in [2.24, 2.45) is 0 Å². The van der Waals surface area contributed by atoms with E-state index in [2.05, 4.69) is 64.6 Å². The Kier molecular flexibility index (Phi) is 5.65. The van der Waals surface area contributed by atoms with Crippen molar-refractivity contribution in [1.82, 2.24) is 20.2 Å². The molecule has 1 aliphatic carbocycles. The molecule has 2 amide bonds. The summed E-state index contributed by atoms with van der Waals surface area (Å²) >= 11 is 0. The van der Waals surface area contributed by atoms with Gasteiger partial charge in [-0.25, -0.2) is 14.8 Å². The fourth-order valence-corrected chi connectivity index (χ4v) is 5.41. The zero-order valence-corrected chi connectivity index (χ0v) is 19.6. The first-order chi connectivity index (χ1) is 16.4. The second-order valence-corrected chi connectivity index (χ2v) is 9.59. The van der Waals surface area contributed by atoms with Crippen molar-refractivity contribution >= 4 is 18.0 Å². The van der Waals surface area contributed by atoms with Crippen LogP contribution in [-0.4, -0.2) is 53.4 Å². The molecule has 2 aliphatic rings. The second kappa shape index (κ2) is 8.65. The quantitative estimate of drug-likeness (QED) is 0.582. The van der Waals surface area contributed by atoms with Crippen molar-refractivity contribution in [2.45, 2.75) is 36.8 Å². The Morgan fingerprint density at radius 2 is 1.59 bits per heavy atom. The first-order valence-electron chi connectivity index (χ1n) is 11.7. The second-order valence-electron chi connectivity index (χ2n) is 9.59. The standard InChI is InChI=1S/C27H29N5O2/c1-31(2)27(22-6-4-3-5-7-22)14-12-26(13-15-27)19-32(25(34)30-26)23-16-28-24(29-17-23)21-10-8-20(18-33)9-11-21/h3-11,16-18H,12-15,19H2,1-2H3,(H,30,34). The van der Waals surface area contributed by atoms with E-state index in [1.807, 2.05) is 12.1 Å². The van der Waals surface area contributed by atoms with Gasteiger partial charge in [0.15, 0.2) is 5.82 Å². The third-order valence-corrected chi connectivity index (χ3v) is 7.53. The van der Waals surface area contributed by atoms with E-state index in [1.165, 1.54) is 5.56 Å². The molecule has 174 valence electrons. The van der Waals surface area contributed by atoms with Gasteiger partial charge in [-0.15, -0.1) is 0 Å². The highest BCUT2D eigenvalue weighted by atomic mass is 16.2. The van der Waals surface area contributed by atoms with Crippen molar-refractivity contribution in [3.05, 3.63) is 78.1 Å². The summed E-state index contributed by atoms with van der Waals surface area (Å²) in [6.07, 6.45) is 7.98. The first-order valence-corrected chi connectivity index (χ1v) is 11.7. The highest BCUT2D eigenvalue weighted by Gasteiger charge is 2.50. The van der Waals surface area contributed by atoms with Gasteiger partial charge in [0.1, 0.15) is 6.29 Å². The van der Waals surface area contributed by atoms with Crippen molar-refractivity contribution in [3.63, 3.8) is 0 Å². The number of aldehydes is 1. The minimum atomic E-state index is -0.241. The molecule has 2 fully saturated rings. The number of hydrogen-bond donors (Lipinski definition) is 1. The van der Waals surface area contributed by atoms with Crippen LogP contribution in [0.1, 0.15) is 41.6 Å². The highest BCUT2D eigenvalue weighted by Crippen LogP contribution is 2.46. The minimum Gasteiger partial charge on any atom is -0.330 e. The molecular weight excluding hydrogens is 426 g/mol. The molecule has 1 aliphatic heterocycles. The molecule has 7 heteroatoms. The van der Waals surface area contributed by atoms with Gasteiger partial charge in [0.25, 0.3) is 0 Å². The van der Waals surface area contributed by atoms with Crippen LogP contribution >= 0.6 is 0 Å². The lowest BCUT2D eigenvalue weighted by molar-refractivity contribution is 0.0658. The van der Waals surface area contributed by atoms with E-state index in [-0.39, 0.29) is 17.1 Å². The molecule has 1 saturated heterocycles. The molecule has 1 N–H and O–H groups in total. The van der Waals surface area contributed by atoms with Crippen LogP contribution in [0.15, 0.2) is 67.0 Å². The zero-order chi connectivity index (χ0) is 23.8. The summed E-state index contributed by atoms with van der Waals surface area (Å²) in [5.41, 5.74) is 3.20. The molecule has 2 heterocycles. The normalized spacial score (nSPS) is 24.4. The Bertz CT molecular complexity index is 1170. The molecule has 5 rings (SSSR count). The molecule has 0 radical (unpaired) electrons. The lowest BCUT2D eigenvalue weighted by Crippen LogP contribution is -2.54. The molecular formula is C27H29N5O2. The number of rotatable bonds is 5. The smallest absolute Gasteiger partial charge is 0.322 e. The van der Waals surface area contributed by atoms with Gasteiger partial charge in [0, 0.05) is 16.7 Å². The molecule has 0 unspecified atom stereocenters. The van der Waals surface area contributed by atoms with E-state index in [0.717, 1.165) is 37.5 Å². The monoisotopic (exact) mass is 455 g/mol. The van der Waals surface area contributed by atoms with Crippen LogP contribution in [0.2, 0.25) is 0 Å². The maximum atomic E-state index is 13.0.